The summed E-state index contributed by atoms with van der Waals surface area (Å²) in [5.74, 6) is -0.251. The van der Waals surface area contributed by atoms with Gasteiger partial charge in [-0.2, -0.15) is 0 Å². The van der Waals surface area contributed by atoms with Crippen molar-refractivity contribution in [1.82, 2.24) is 9.88 Å². The number of benzene rings is 3. The second-order valence-corrected chi connectivity index (χ2v) is 15.0. The molecule has 11 nitrogen and oxygen atoms in total. The lowest BCUT2D eigenvalue weighted by Gasteiger charge is -2.33. The molecule has 1 aliphatic heterocycles. The molecule has 0 radical (unpaired) electrons. The van der Waals surface area contributed by atoms with E-state index in [4.69, 9.17) is 19.9 Å². The lowest BCUT2D eigenvalue weighted by atomic mass is 9.93. The fourth-order valence-corrected chi connectivity index (χ4v) is 7.59. The number of pyridine rings is 1. The molecule has 4 aromatic rings. The van der Waals surface area contributed by atoms with Gasteiger partial charge in [0, 0.05) is 23.8 Å². The Balaban J connectivity index is 1.65. The topological polar surface area (TPSA) is 150 Å². The number of rotatable bonds is 12. The van der Waals surface area contributed by atoms with Crippen molar-refractivity contribution in [2.75, 3.05) is 31.3 Å². The van der Waals surface area contributed by atoms with Crippen molar-refractivity contribution < 1.29 is 32.2 Å². The molecule has 260 valence electrons. The van der Waals surface area contributed by atoms with Crippen LogP contribution < -0.4 is 20.5 Å². The van der Waals surface area contributed by atoms with Gasteiger partial charge in [0.25, 0.3) is 0 Å². The number of ether oxygens (including phenoxy) is 3. The Morgan fingerprint density at radius 3 is 2.47 bits per heavy atom. The van der Waals surface area contributed by atoms with Crippen LogP contribution in [0.4, 0.5) is 11.5 Å². The van der Waals surface area contributed by atoms with Gasteiger partial charge >= 0.3 is 5.97 Å². The summed E-state index contributed by atoms with van der Waals surface area (Å²) in [5.41, 5.74) is 7.71. The molecular formula is C37H44N4O7S. The molecule has 3 aromatic carbocycles. The molecule has 3 atom stereocenters. The van der Waals surface area contributed by atoms with Gasteiger partial charge in [0.05, 0.1) is 41.9 Å². The summed E-state index contributed by atoms with van der Waals surface area (Å²) in [6.07, 6.45) is 1.80. The minimum atomic E-state index is -3.77. The standard InChI is InChI=1S/C37H44N4O7S/c1-7-47-31-21-25(12-15-30(31)48-22(2)3)33(40-26-13-14-27-24(20-26)16-18-39-35(27)38)36(42)41-19-17-29(37(43)46-6)34(41)28-10-8-9-11-32(28)49(44,45)23(4)5/h8-16,18,20-23,29,33-34,40H,7,17,19H2,1-6H3,(H2,38,39)/t29-,33-,34-/m1/s1. The van der Waals surface area contributed by atoms with Gasteiger partial charge in [0.2, 0.25) is 5.91 Å². The molecule has 3 N–H and O–H groups in total. The molecule has 1 aromatic heterocycles. The first-order valence-electron chi connectivity index (χ1n) is 16.4. The predicted octanol–water partition coefficient (Wildman–Crippen LogP) is 6.10. The molecule has 1 amide bonds. The highest BCUT2D eigenvalue weighted by Crippen LogP contribution is 2.43. The molecular weight excluding hydrogens is 644 g/mol. The molecule has 0 aliphatic carbocycles. The van der Waals surface area contributed by atoms with Crippen molar-refractivity contribution in [3.05, 3.63) is 84.1 Å². The Bertz CT molecular complexity index is 1950. The highest BCUT2D eigenvalue weighted by atomic mass is 32.2. The molecule has 0 saturated carbocycles. The first-order chi connectivity index (χ1) is 23.4. The van der Waals surface area contributed by atoms with Crippen LogP contribution in [0.5, 0.6) is 11.5 Å². The maximum absolute atomic E-state index is 15.0. The Kier molecular flexibility index (Phi) is 10.7. The third kappa shape index (κ3) is 7.29. The van der Waals surface area contributed by atoms with Gasteiger partial charge in [0.1, 0.15) is 11.9 Å². The largest absolute Gasteiger partial charge is 0.490 e. The van der Waals surface area contributed by atoms with E-state index in [1.807, 2.05) is 45.0 Å². The van der Waals surface area contributed by atoms with Crippen molar-refractivity contribution in [1.29, 1.82) is 0 Å². The van der Waals surface area contributed by atoms with Crippen LogP contribution in [-0.4, -0.2) is 61.8 Å². The van der Waals surface area contributed by atoms with E-state index in [-0.39, 0.29) is 23.5 Å². The summed E-state index contributed by atoms with van der Waals surface area (Å²) in [5, 5.41) is 4.31. The van der Waals surface area contributed by atoms with E-state index < -0.39 is 39.1 Å². The molecule has 1 saturated heterocycles. The second-order valence-electron chi connectivity index (χ2n) is 12.5. The van der Waals surface area contributed by atoms with Crippen LogP contribution in [0.1, 0.15) is 64.3 Å². The number of esters is 1. The predicted molar refractivity (Wildman–Crippen MR) is 189 cm³/mol. The number of hydrogen-bond acceptors (Lipinski definition) is 10. The van der Waals surface area contributed by atoms with Gasteiger partial charge in [-0.3, -0.25) is 9.59 Å². The highest BCUT2D eigenvalue weighted by Gasteiger charge is 2.46. The monoisotopic (exact) mass is 688 g/mol. The number of aromatic nitrogens is 1. The lowest BCUT2D eigenvalue weighted by Crippen LogP contribution is -2.40. The number of nitrogens with one attached hydrogen (secondary N) is 1. The number of nitrogens with zero attached hydrogens (tertiary/aromatic N) is 2. The maximum atomic E-state index is 15.0. The van der Waals surface area contributed by atoms with Gasteiger partial charge in [-0.05, 0) is 100 Å². The zero-order valence-electron chi connectivity index (χ0n) is 28.7. The summed E-state index contributed by atoms with van der Waals surface area (Å²) >= 11 is 0. The van der Waals surface area contributed by atoms with Gasteiger partial charge < -0.3 is 30.2 Å². The number of fused-ring (bicyclic) bond motifs is 1. The molecule has 0 spiro atoms. The number of methoxy groups -OCH3 is 1. The molecule has 0 unspecified atom stereocenters. The molecule has 12 heteroatoms. The van der Waals surface area contributed by atoms with Crippen LogP contribution in [-0.2, 0) is 24.2 Å². The Hall–Kier alpha value is -4.84. The van der Waals surface area contributed by atoms with Gasteiger partial charge in [-0.25, -0.2) is 13.4 Å². The SMILES string of the molecule is CCOc1cc([C@@H](Nc2ccc3c(N)nccc3c2)C(=O)N2CC[C@@H](C(=O)OC)[C@H]2c2ccccc2S(=O)(=O)C(C)C)ccc1OC(C)C. The van der Waals surface area contributed by atoms with Crippen LogP contribution in [0.25, 0.3) is 10.8 Å². The molecule has 2 heterocycles. The third-order valence-electron chi connectivity index (χ3n) is 8.67. The van der Waals surface area contributed by atoms with Crippen molar-refractivity contribution in [3.63, 3.8) is 0 Å². The summed E-state index contributed by atoms with van der Waals surface area (Å²) in [4.78, 5) is 34.1. The summed E-state index contributed by atoms with van der Waals surface area (Å²) < 4.78 is 44.3. The number of sulfone groups is 1. The number of nitrogens with two attached hydrogens (primary N) is 1. The fourth-order valence-electron chi connectivity index (χ4n) is 6.30. The Morgan fingerprint density at radius 2 is 1.78 bits per heavy atom. The number of carbonyl (C=O) groups excluding carboxylic acids is 2. The zero-order chi connectivity index (χ0) is 35.5. The van der Waals surface area contributed by atoms with E-state index in [0.29, 0.717) is 47.2 Å². The molecule has 1 fully saturated rings. The van der Waals surface area contributed by atoms with Crippen molar-refractivity contribution in [2.24, 2.45) is 5.92 Å². The van der Waals surface area contributed by atoms with Crippen LogP contribution in [0.2, 0.25) is 0 Å². The van der Waals surface area contributed by atoms with Crippen LogP contribution in [0, 0.1) is 5.92 Å². The maximum Gasteiger partial charge on any atom is 0.311 e. The lowest BCUT2D eigenvalue weighted by molar-refractivity contribution is -0.147. The van der Waals surface area contributed by atoms with Gasteiger partial charge in [-0.1, -0.05) is 24.3 Å². The average molecular weight is 689 g/mol. The van der Waals surface area contributed by atoms with Crippen LogP contribution in [0.3, 0.4) is 0 Å². The zero-order valence-corrected chi connectivity index (χ0v) is 29.5. The Morgan fingerprint density at radius 1 is 1.02 bits per heavy atom. The molecule has 0 bridgehead atoms. The number of anilines is 2. The van der Waals surface area contributed by atoms with Crippen molar-refractivity contribution in [2.45, 2.75) is 69.4 Å². The van der Waals surface area contributed by atoms with Crippen molar-refractivity contribution >= 4 is 44.0 Å². The third-order valence-corrected chi connectivity index (χ3v) is 10.9. The van der Waals surface area contributed by atoms with E-state index >= 15 is 0 Å². The summed E-state index contributed by atoms with van der Waals surface area (Å²) in [7, 11) is -2.48. The summed E-state index contributed by atoms with van der Waals surface area (Å²) in [6.45, 7) is 9.50. The fraction of sp³-hybridized carbons (Fsp3) is 0.378. The number of nitrogen functional groups attached to an aromatic ring is 1. The molecule has 49 heavy (non-hydrogen) atoms. The average Bonchev–Trinajstić information content (AvgIpc) is 3.52. The first-order valence-corrected chi connectivity index (χ1v) is 18.0. The number of carbonyl (C=O) groups is 2. The highest BCUT2D eigenvalue weighted by molar-refractivity contribution is 7.92. The minimum Gasteiger partial charge on any atom is -0.490 e. The van der Waals surface area contributed by atoms with E-state index in [9.17, 15) is 18.0 Å². The van der Waals surface area contributed by atoms with Crippen LogP contribution in [0.15, 0.2) is 77.8 Å². The second kappa shape index (κ2) is 14.7. The van der Waals surface area contributed by atoms with Gasteiger partial charge in [0.15, 0.2) is 21.3 Å². The van der Waals surface area contributed by atoms with Gasteiger partial charge in [-0.15, -0.1) is 0 Å². The van der Waals surface area contributed by atoms with E-state index in [0.717, 1.165) is 10.8 Å². The quantitative estimate of drug-likeness (QED) is 0.167. The molecule has 1 aliphatic rings. The van der Waals surface area contributed by atoms with E-state index in [1.165, 1.54) is 13.2 Å². The smallest absolute Gasteiger partial charge is 0.311 e. The first kappa shape index (κ1) is 35.5. The minimum absolute atomic E-state index is 0.0858. The van der Waals surface area contributed by atoms with Crippen LogP contribution >= 0.6 is 0 Å². The normalized spacial score (nSPS) is 16.9. The van der Waals surface area contributed by atoms with Crippen molar-refractivity contribution in [3.8, 4) is 11.5 Å². The number of amides is 1. The molecule has 5 rings (SSSR count). The van der Waals surface area contributed by atoms with E-state index in [2.05, 4.69) is 10.3 Å². The number of likely N-dealkylation sites (tertiary alicyclic amines) is 1. The number of hydrogen-bond donors (Lipinski definition) is 2. The Labute approximate surface area is 287 Å². The van der Waals surface area contributed by atoms with E-state index in [1.54, 1.807) is 61.3 Å². The summed E-state index contributed by atoms with van der Waals surface area (Å²) in [6, 6.07) is 17.4.